The third-order valence-corrected chi connectivity index (χ3v) is 6.08. The summed E-state index contributed by atoms with van der Waals surface area (Å²) in [6, 6.07) is 4.76. The van der Waals surface area contributed by atoms with Crippen LogP contribution >= 0.6 is 0 Å². The van der Waals surface area contributed by atoms with Gasteiger partial charge in [-0.3, -0.25) is 4.79 Å². The fraction of sp³-hybridized carbons (Fsp3) is 0.562. The number of nitrogens with one attached hydrogen (secondary N) is 1. The van der Waals surface area contributed by atoms with Crippen molar-refractivity contribution in [3.63, 3.8) is 0 Å². The summed E-state index contributed by atoms with van der Waals surface area (Å²) in [7, 11) is -3.35. The zero-order chi connectivity index (χ0) is 18.7. The minimum atomic E-state index is -4.43. The second kappa shape index (κ2) is 7.74. The molecule has 25 heavy (non-hydrogen) atoms. The first-order chi connectivity index (χ1) is 11.6. The number of piperidine rings is 1. The van der Waals surface area contributed by atoms with Crippen LogP contribution < -0.4 is 5.32 Å². The molecular formula is C16H21F3N2O3S. The Kier molecular flexibility index (Phi) is 6.10. The van der Waals surface area contributed by atoms with Crippen LogP contribution in [0.15, 0.2) is 24.3 Å². The van der Waals surface area contributed by atoms with Crippen LogP contribution in [0.3, 0.4) is 0 Å². The Hall–Kier alpha value is -1.61. The molecule has 1 aliphatic rings. The number of carbonyl (C=O) groups is 1. The number of nitrogens with zero attached hydrogens (tertiary/aromatic N) is 1. The largest absolute Gasteiger partial charge is 0.416 e. The van der Waals surface area contributed by atoms with E-state index in [4.69, 9.17) is 0 Å². The summed E-state index contributed by atoms with van der Waals surface area (Å²) in [5.74, 6) is -0.847. The van der Waals surface area contributed by atoms with Crippen LogP contribution in [0.4, 0.5) is 13.2 Å². The molecule has 0 unspecified atom stereocenters. The molecule has 1 aliphatic heterocycles. The van der Waals surface area contributed by atoms with Gasteiger partial charge in [0.25, 0.3) is 0 Å². The summed E-state index contributed by atoms with van der Waals surface area (Å²) in [6.45, 7) is 2.03. The van der Waals surface area contributed by atoms with Gasteiger partial charge in [-0.25, -0.2) is 12.7 Å². The fourth-order valence-electron chi connectivity index (χ4n) is 2.78. The topological polar surface area (TPSA) is 66.5 Å². The second-order valence-electron chi connectivity index (χ2n) is 6.01. The number of carbonyl (C=O) groups excluding carboxylic acids is 1. The molecule has 1 amide bonds. The van der Waals surface area contributed by atoms with E-state index in [1.807, 2.05) is 0 Å². The maximum Gasteiger partial charge on any atom is 0.416 e. The number of benzene rings is 1. The summed E-state index contributed by atoms with van der Waals surface area (Å²) in [6.07, 6.45) is -3.29. The summed E-state index contributed by atoms with van der Waals surface area (Å²) in [5.41, 5.74) is -0.422. The molecule has 0 spiro atoms. The Bertz CT molecular complexity index is 720. The van der Waals surface area contributed by atoms with Crippen molar-refractivity contribution < 1.29 is 26.4 Å². The normalized spacial score (nSPS) is 19.6. The zero-order valence-electron chi connectivity index (χ0n) is 13.8. The van der Waals surface area contributed by atoms with Gasteiger partial charge in [-0.2, -0.15) is 13.2 Å². The van der Waals surface area contributed by atoms with Crippen molar-refractivity contribution in [2.24, 2.45) is 5.92 Å². The summed E-state index contributed by atoms with van der Waals surface area (Å²) >= 11 is 0. The van der Waals surface area contributed by atoms with Gasteiger partial charge in [0, 0.05) is 19.6 Å². The van der Waals surface area contributed by atoms with Crippen molar-refractivity contribution >= 4 is 15.9 Å². The Morgan fingerprint density at radius 3 is 2.72 bits per heavy atom. The molecule has 0 radical (unpaired) electrons. The van der Waals surface area contributed by atoms with Gasteiger partial charge in [0.2, 0.25) is 15.9 Å². The molecule has 0 saturated carbocycles. The Balaban J connectivity index is 1.96. The highest BCUT2D eigenvalue weighted by Gasteiger charge is 2.32. The second-order valence-corrected chi connectivity index (χ2v) is 8.27. The van der Waals surface area contributed by atoms with E-state index in [2.05, 4.69) is 5.32 Å². The number of hydrogen-bond donors (Lipinski definition) is 1. The molecule has 1 fully saturated rings. The molecule has 9 heteroatoms. The van der Waals surface area contributed by atoms with E-state index in [1.54, 1.807) is 6.92 Å². The Morgan fingerprint density at radius 2 is 2.08 bits per heavy atom. The van der Waals surface area contributed by atoms with Crippen LogP contribution in [0.1, 0.15) is 30.9 Å². The van der Waals surface area contributed by atoms with Crippen molar-refractivity contribution in [2.75, 3.05) is 18.8 Å². The number of hydrogen-bond acceptors (Lipinski definition) is 3. The maximum absolute atomic E-state index is 12.7. The first-order valence-electron chi connectivity index (χ1n) is 8.05. The quantitative estimate of drug-likeness (QED) is 0.856. The number of alkyl halides is 3. The van der Waals surface area contributed by atoms with Crippen LogP contribution in [0.25, 0.3) is 0 Å². The van der Waals surface area contributed by atoms with Crippen LogP contribution in [0.2, 0.25) is 0 Å². The van der Waals surface area contributed by atoms with Crippen molar-refractivity contribution in [3.05, 3.63) is 35.4 Å². The lowest BCUT2D eigenvalue weighted by molar-refractivity contribution is -0.137. The van der Waals surface area contributed by atoms with Gasteiger partial charge in [-0.1, -0.05) is 12.1 Å². The fourth-order valence-corrected chi connectivity index (χ4v) is 3.96. The highest BCUT2D eigenvalue weighted by molar-refractivity contribution is 7.89. The maximum atomic E-state index is 12.7. The van der Waals surface area contributed by atoms with Gasteiger partial charge in [0.05, 0.1) is 17.2 Å². The molecule has 1 saturated heterocycles. The highest BCUT2D eigenvalue weighted by atomic mass is 32.2. The highest BCUT2D eigenvalue weighted by Crippen LogP contribution is 2.29. The first-order valence-corrected chi connectivity index (χ1v) is 9.66. The summed E-state index contributed by atoms with van der Waals surface area (Å²) in [5, 5.41) is 2.61. The smallest absolute Gasteiger partial charge is 0.352 e. The lowest BCUT2D eigenvalue weighted by Crippen LogP contribution is -2.45. The van der Waals surface area contributed by atoms with Crippen LogP contribution in [0.5, 0.6) is 0 Å². The van der Waals surface area contributed by atoms with E-state index in [9.17, 15) is 26.4 Å². The number of amides is 1. The average molecular weight is 378 g/mol. The summed E-state index contributed by atoms with van der Waals surface area (Å²) in [4.78, 5) is 12.3. The van der Waals surface area contributed by atoms with Crippen LogP contribution in [-0.2, 0) is 27.5 Å². The molecule has 5 nitrogen and oxygen atoms in total. The molecule has 0 bridgehead atoms. The van der Waals surface area contributed by atoms with Crippen molar-refractivity contribution in [2.45, 2.75) is 32.5 Å². The minimum absolute atomic E-state index is 0.0222. The van der Waals surface area contributed by atoms with E-state index >= 15 is 0 Å². The lowest BCUT2D eigenvalue weighted by Gasteiger charge is -2.30. The molecule has 140 valence electrons. The Labute approximate surface area is 145 Å². The summed E-state index contributed by atoms with van der Waals surface area (Å²) < 4.78 is 63.2. The van der Waals surface area contributed by atoms with Gasteiger partial charge < -0.3 is 5.32 Å². The number of sulfonamides is 1. The first kappa shape index (κ1) is 19.7. The minimum Gasteiger partial charge on any atom is -0.352 e. The van der Waals surface area contributed by atoms with E-state index in [-0.39, 0.29) is 24.7 Å². The molecule has 1 atom stereocenters. The molecule has 1 aromatic rings. The van der Waals surface area contributed by atoms with E-state index < -0.39 is 27.7 Å². The van der Waals surface area contributed by atoms with Gasteiger partial charge in [0.15, 0.2) is 0 Å². The predicted octanol–water partition coefficient (Wildman–Crippen LogP) is 2.38. The SMILES string of the molecule is CCS(=O)(=O)N1CCC[C@@H](C(=O)NCc2cccc(C(F)(F)F)c2)C1. The standard InChI is InChI=1S/C16H21F3N2O3S/c1-2-25(23,24)21-8-4-6-13(11-21)15(22)20-10-12-5-3-7-14(9-12)16(17,18)19/h3,5,7,9,13H,2,4,6,8,10-11H2,1H3,(H,20,22)/t13-/m1/s1. The van der Waals surface area contributed by atoms with Crippen molar-refractivity contribution in [1.82, 2.24) is 9.62 Å². The third kappa shape index (κ3) is 5.18. The van der Waals surface area contributed by atoms with Gasteiger partial charge in [-0.05, 0) is 37.5 Å². The van der Waals surface area contributed by atoms with E-state index in [1.165, 1.54) is 16.4 Å². The Morgan fingerprint density at radius 1 is 1.36 bits per heavy atom. The molecule has 1 aromatic carbocycles. The predicted molar refractivity (Wildman–Crippen MR) is 87.0 cm³/mol. The van der Waals surface area contributed by atoms with Crippen molar-refractivity contribution in [1.29, 1.82) is 0 Å². The third-order valence-electron chi connectivity index (χ3n) is 4.23. The van der Waals surface area contributed by atoms with Crippen LogP contribution in [0, 0.1) is 5.92 Å². The molecule has 0 aromatic heterocycles. The molecule has 1 N–H and O–H groups in total. The molecule has 1 heterocycles. The zero-order valence-corrected chi connectivity index (χ0v) is 14.7. The van der Waals surface area contributed by atoms with Crippen LogP contribution in [-0.4, -0.2) is 37.5 Å². The number of rotatable bonds is 5. The molecular weight excluding hydrogens is 357 g/mol. The number of halogens is 3. The van der Waals surface area contributed by atoms with Crippen molar-refractivity contribution in [3.8, 4) is 0 Å². The van der Waals surface area contributed by atoms with Gasteiger partial charge in [0.1, 0.15) is 0 Å². The molecule has 0 aliphatic carbocycles. The lowest BCUT2D eigenvalue weighted by atomic mass is 9.98. The van der Waals surface area contributed by atoms with Gasteiger partial charge >= 0.3 is 6.18 Å². The van der Waals surface area contributed by atoms with E-state index in [0.717, 1.165) is 12.1 Å². The molecule has 2 rings (SSSR count). The monoisotopic (exact) mass is 378 g/mol. The van der Waals surface area contributed by atoms with Gasteiger partial charge in [-0.15, -0.1) is 0 Å². The average Bonchev–Trinajstić information content (AvgIpc) is 2.59. The van der Waals surface area contributed by atoms with E-state index in [0.29, 0.717) is 24.9 Å².